The van der Waals surface area contributed by atoms with Crippen molar-refractivity contribution in [1.29, 1.82) is 0 Å². The zero-order chi connectivity index (χ0) is 15.2. The molecule has 0 bridgehead atoms. The lowest BCUT2D eigenvalue weighted by Gasteiger charge is -2.19. The Kier molecular flexibility index (Phi) is 5.59. The summed E-state index contributed by atoms with van der Waals surface area (Å²) >= 11 is 0. The molecule has 116 valence electrons. The fourth-order valence-electron chi connectivity index (χ4n) is 2.40. The maximum absolute atomic E-state index is 11.8. The van der Waals surface area contributed by atoms with E-state index in [1.807, 2.05) is 31.2 Å². The molecule has 1 aliphatic rings. The van der Waals surface area contributed by atoms with Crippen LogP contribution in [0.4, 0.5) is 10.5 Å². The van der Waals surface area contributed by atoms with Crippen LogP contribution in [0.15, 0.2) is 24.3 Å². The van der Waals surface area contributed by atoms with Crippen LogP contribution in [0.3, 0.4) is 0 Å². The standard InChI is InChI=1S/C16H26N4O/c1-3-20(15-8-9-15)11-10-18-16(21)19-14-6-4-13(5-7-14)12(2)17/h4-7,12,15H,3,8-11,17H2,1-2H3,(H2,18,19,21). The smallest absolute Gasteiger partial charge is 0.319 e. The van der Waals surface area contributed by atoms with E-state index in [1.165, 1.54) is 12.8 Å². The van der Waals surface area contributed by atoms with Gasteiger partial charge < -0.3 is 16.4 Å². The first kappa shape index (κ1) is 15.8. The highest BCUT2D eigenvalue weighted by Crippen LogP contribution is 2.25. The molecule has 0 aromatic heterocycles. The van der Waals surface area contributed by atoms with Gasteiger partial charge >= 0.3 is 6.03 Å². The third-order valence-corrected chi connectivity index (χ3v) is 3.85. The maximum Gasteiger partial charge on any atom is 0.319 e. The minimum Gasteiger partial charge on any atom is -0.337 e. The fourth-order valence-corrected chi connectivity index (χ4v) is 2.40. The van der Waals surface area contributed by atoms with Gasteiger partial charge in [-0.25, -0.2) is 4.79 Å². The molecule has 1 aliphatic carbocycles. The number of urea groups is 1. The minimum atomic E-state index is -0.157. The summed E-state index contributed by atoms with van der Waals surface area (Å²) in [7, 11) is 0. The van der Waals surface area contributed by atoms with Crippen LogP contribution in [-0.4, -0.2) is 36.6 Å². The quantitative estimate of drug-likeness (QED) is 0.721. The van der Waals surface area contributed by atoms with Gasteiger partial charge in [0.1, 0.15) is 0 Å². The zero-order valence-corrected chi connectivity index (χ0v) is 12.9. The van der Waals surface area contributed by atoms with Crippen LogP contribution in [0, 0.1) is 0 Å². The summed E-state index contributed by atoms with van der Waals surface area (Å²) in [4.78, 5) is 14.2. The van der Waals surface area contributed by atoms with Crippen LogP contribution in [-0.2, 0) is 0 Å². The second-order valence-corrected chi connectivity index (χ2v) is 5.65. The third kappa shape index (κ3) is 5.02. The number of nitrogens with zero attached hydrogens (tertiary/aromatic N) is 1. The van der Waals surface area contributed by atoms with E-state index < -0.39 is 0 Å². The number of likely N-dealkylation sites (N-methyl/N-ethyl adjacent to an activating group) is 1. The summed E-state index contributed by atoms with van der Waals surface area (Å²) < 4.78 is 0. The van der Waals surface area contributed by atoms with Gasteiger partial charge in [0, 0.05) is 30.9 Å². The van der Waals surface area contributed by atoms with Gasteiger partial charge in [-0.2, -0.15) is 0 Å². The number of nitrogens with two attached hydrogens (primary N) is 1. The highest BCUT2D eigenvalue weighted by Gasteiger charge is 2.27. The predicted molar refractivity (Wildman–Crippen MR) is 86.3 cm³/mol. The number of hydrogen-bond acceptors (Lipinski definition) is 3. The number of anilines is 1. The number of carbonyl (C=O) groups is 1. The minimum absolute atomic E-state index is 0.00956. The molecule has 0 aliphatic heterocycles. The highest BCUT2D eigenvalue weighted by molar-refractivity contribution is 5.89. The van der Waals surface area contributed by atoms with Crippen molar-refractivity contribution < 1.29 is 4.79 Å². The van der Waals surface area contributed by atoms with Gasteiger partial charge in [0.25, 0.3) is 0 Å². The molecule has 0 radical (unpaired) electrons. The molecule has 0 spiro atoms. The van der Waals surface area contributed by atoms with Crippen LogP contribution in [0.1, 0.15) is 38.3 Å². The summed E-state index contributed by atoms with van der Waals surface area (Å²) in [5.41, 5.74) is 7.64. The first-order valence-electron chi connectivity index (χ1n) is 7.74. The molecule has 1 aromatic rings. The van der Waals surface area contributed by atoms with Gasteiger partial charge in [0.05, 0.1) is 0 Å². The van der Waals surface area contributed by atoms with Crippen molar-refractivity contribution in [2.24, 2.45) is 5.73 Å². The predicted octanol–water partition coefficient (Wildman–Crippen LogP) is 2.31. The fraction of sp³-hybridized carbons (Fsp3) is 0.562. The Hall–Kier alpha value is -1.59. The van der Waals surface area contributed by atoms with Crippen molar-refractivity contribution in [3.05, 3.63) is 29.8 Å². The van der Waals surface area contributed by atoms with Gasteiger partial charge in [-0.1, -0.05) is 19.1 Å². The van der Waals surface area contributed by atoms with Gasteiger partial charge in [0.15, 0.2) is 0 Å². The van der Waals surface area contributed by atoms with Gasteiger partial charge in [0.2, 0.25) is 0 Å². The molecule has 1 fully saturated rings. The number of amides is 2. The molecule has 0 saturated heterocycles. The molecule has 2 rings (SSSR count). The van der Waals surface area contributed by atoms with Crippen molar-refractivity contribution in [3.63, 3.8) is 0 Å². The summed E-state index contributed by atoms with van der Waals surface area (Å²) in [5, 5.41) is 5.73. The average molecular weight is 290 g/mol. The third-order valence-electron chi connectivity index (χ3n) is 3.85. The van der Waals surface area contributed by atoms with Crippen LogP contribution in [0.5, 0.6) is 0 Å². The molecule has 4 N–H and O–H groups in total. The molecule has 1 atom stereocenters. The van der Waals surface area contributed by atoms with Crippen molar-refractivity contribution in [1.82, 2.24) is 10.2 Å². The summed E-state index contributed by atoms with van der Waals surface area (Å²) in [6, 6.07) is 8.22. The van der Waals surface area contributed by atoms with E-state index in [2.05, 4.69) is 22.5 Å². The lowest BCUT2D eigenvalue weighted by molar-refractivity contribution is 0.245. The first-order valence-corrected chi connectivity index (χ1v) is 7.74. The van der Waals surface area contributed by atoms with Gasteiger partial charge in [-0.3, -0.25) is 4.90 Å². The second-order valence-electron chi connectivity index (χ2n) is 5.65. The Morgan fingerprint density at radius 1 is 1.38 bits per heavy atom. The van der Waals surface area contributed by atoms with E-state index in [-0.39, 0.29) is 12.1 Å². The van der Waals surface area contributed by atoms with E-state index in [0.717, 1.165) is 30.4 Å². The van der Waals surface area contributed by atoms with E-state index in [0.29, 0.717) is 6.54 Å². The van der Waals surface area contributed by atoms with Gasteiger partial charge in [-0.05, 0) is 44.0 Å². The van der Waals surface area contributed by atoms with Crippen molar-refractivity contribution >= 4 is 11.7 Å². The number of nitrogens with one attached hydrogen (secondary N) is 2. The van der Waals surface area contributed by atoms with Crippen molar-refractivity contribution in [3.8, 4) is 0 Å². The number of benzene rings is 1. The Morgan fingerprint density at radius 3 is 2.57 bits per heavy atom. The SMILES string of the molecule is CCN(CCNC(=O)Nc1ccc(C(C)N)cc1)C1CC1. The Morgan fingerprint density at radius 2 is 2.05 bits per heavy atom. The molecule has 5 nitrogen and oxygen atoms in total. The molecule has 0 heterocycles. The molecular formula is C16H26N4O. The molecule has 1 aromatic carbocycles. The number of carbonyl (C=O) groups excluding carboxylic acids is 1. The number of rotatable bonds is 7. The summed E-state index contributed by atoms with van der Waals surface area (Å²) in [5.74, 6) is 0. The largest absolute Gasteiger partial charge is 0.337 e. The Balaban J connectivity index is 1.71. The zero-order valence-electron chi connectivity index (χ0n) is 12.9. The van der Waals surface area contributed by atoms with Gasteiger partial charge in [-0.15, -0.1) is 0 Å². The second kappa shape index (κ2) is 7.43. The molecule has 2 amide bonds. The Labute approximate surface area is 126 Å². The molecular weight excluding hydrogens is 264 g/mol. The van der Waals surface area contributed by atoms with Crippen LogP contribution in [0.2, 0.25) is 0 Å². The lowest BCUT2D eigenvalue weighted by atomic mass is 10.1. The van der Waals surface area contributed by atoms with E-state index in [1.54, 1.807) is 0 Å². The van der Waals surface area contributed by atoms with E-state index in [4.69, 9.17) is 5.73 Å². The first-order chi connectivity index (χ1) is 10.1. The summed E-state index contributed by atoms with van der Waals surface area (Å²) in [6.45, 7) is 6.74. The number of hydrogen-bond donors (Lipinski definition) is 3. The maximum atomic E-state index is 11.8. The van der Waals surface area contributed by atoms with Crippen LogP contribution in [0.25, 0.3) is 0 Å². The van der Waals surface area contributed by atoms with Crippen LogP contribution < -0.4 is 16.4 Å². The molecule has 21 heavy (non-hydrogen) atoms. The monoisotopic (exact) mass is 290 g/mol. The molecule has 1 unspecified atom stereocenters. The molecule has 1 saturated carbocycles. The average Bonchev–Trinajstić information content (AvgIpc) is 3.29. The van der Waals surface area contributed by atoms with E-state index in [9.17, 15) is 4.79 Å². The van der Waals surface area contributed by atoms with Crippen molar-refractivity contribution in [2.45, 2.75) is 38.8 Å². The van der Waals surface area contributed by atoms with Crippen LogP contribution >= 0.6 is 0 Å². The van der Waals surface area contributed by atoms with E-state index >= 15 is 0 Å². The summed E-state index contributed by atoms with van der Waals surface area (Å²) in [6.07, 6.45) is 2.60. The normalized spacial score (nSPS) is 15.8. The Bertz CT molecular complexity index is 454. The topological polar surface area (TPSA) is 70.4 Å². The van der Waals surface area contributed by atoms with Crippen molar-refractivity contribution in [2.75, 3.05) is 25.0 Å². The lowest BCUT2D eigenvalue weighted by Crippen LogP contribution is -2.37. The molecule has 5 heteroatoms. The highest BCUT2D eigenvalue weighted by atomic mass is 16.2.